The van der Waals surface area contributed by atoms with E-state index in [0.717, 1.165) is 0 Å². The fraction of sp³-hybridized carbons (Fsp3) is 0.800. The summed E-state index contributed by atoms with van der Waals surface area (Å²) in [7, 11) is 3.90. The average molecular weight is 147 g/mol. The third-order valence-corrected chi connectivity index (χ3v) is 0.956. The zero-order valence-corrected chi connectivity index (χ0v) is 6.08. The molecule has 0 rings (SSSR count). The third-order valence-electron chi connectivity index (χ3n) is 0.956. The first kappa shape index (κ1) is 9.26. The van der Waals surface area contributed by atoms with Crippen molar-refractivity contribution in [2.45, 2.75) is 6.10 Å². The Balaban J connectivity index is 4.29. The Morgan fingerprint density at radius 3 is 1.70 bits per heavy atom. The summed E-state index contributed by atoms with van der Waals surface area (Å²) in [5.41, 5.74) is 0. The van der Waals surface area contributed by atoms with Gasteiger partial charge in [-0.15, -0.1) is 4.99 Å². The van der Waals surface area contributed by atoms with Crippen molar-refractivity contribution >= 4 is 6.08 Å². The standard InChI is InChI=1S/C5H9NO4/c1-8-5(9-2,10-3)6-4-7/h1-3H3. The molecule has 0 aliphatic rings. The molecule has 0 aliphatic carbocycles. The fourth-order valence-corrected chi connectivity index (χ4v) is 0.443. The molecular weight excluding hydrogens is 138 g/mol. The Bertz CT molecular complexity index is 128. The molecule has 0 saturated heterocycles. The lowest BCUT2D eigenvalue weighted by molar-refractivity contribution is -0.346. The van der Waals surface area contributed by atoms with Crippen molar-refractivity contribution in [3.8, 4) is 0 Å². The van der Waals surface area contributed by atoms with Crippen LogP contribution >= 0.6 is 0 Å². The molecule has 0 aliphatic heterocycles. The largest absolute Gasteiger partial charge is 0.405 e. The van der Waals surface area contributed by atoms with Crippen LogP contribution in [0.15, 0.2) is 4.99 Å². The fourth-order valence-electron chi connectivity index (χ4n) is 0.443. The van der Waals surface area contributed by atoms with Crippen LogP contribution in [0.3, 0.4) is 0 Å². The zero-order chi connectivity index (χ0) is 8.04. The predicted molar refractivity (Wildman–Crippen MR) is 31.9 cm³/mol. The number of isocyanates is 1. The van der Waals surface area contributed by atoms with E-state index in [-0.39, 0.29) is 0 Å². The summed E-state index contributed by atoms with van der Waals surface area (Å²) >= 11 is 0. The van der Waals surface area contributed by atoms with Gasteiger partial charge in [0.2, 0.25) is 6.08 Å². The van der Waals surface area contributed by atoms with Crippen LogP contribution in [0.25, 0.3) is 0 Å². The third kappa shape index (κ3) is 1.89. The quantitative estimate of drug-likeness (QED) is 0.316. The number of nitrogens with zero attached hydrogens (tertiary/aromatic N) is 1. The second kappa shape index (κ2) is 4.14. The van der Waals surface area contributed by atoms with E-state index < -0.39 is 6.10 Å². The van der Waals surface area contributed by atoms with Gasteiger partial charge in [0.05, 0.1) is 0 Å². The van der Waals surface area contributed by atoms with Crippen molar-refractivity contribution < 1.29 is 19.0 Å². The molecular formula is C5H9NO4. The summed E-state index contributed by atoms with van der Waals surface area (Å²) in [6, 6.07) is 0. The molecule has 0 unspecified atom stereocenters. The van der Waals surface area contributed by atoms with E-state index >= 15 is 0 Å². The number of ether oxygens (including phenoxy) is 3. The van der Waals surface area contributed by atoms with E-state index in [0.29, 0.717) is 0 Å². The summed E-state index contributed by atoms with van der Waals surface area (Å²) in [4.78, 5) is 12.9. The molecule has 0 aromatic carbocycles. The first-order valence-electron chi connectivity index (χ1n) is 2.49. The number of methoxy groups -OCH3 is 3. The van der Waals surface area contributed by atoms with Gasteiger partial charge in [-0.2, -0.15) is 0 Å². The Kier molecular flexibility index (Phi) is 3.83. The molecule has 0 N–H and O–H groups in total. The SMILES string of the molecule is COC(N=C=O)(OC)OC. The first-order valence-corrected chi connectivity index (χ1v) is 2.49. The zero-order valence-electron chi connectivity index (χ0n) is 6.08. The van der Waals surface area contributed by atoms with Crippen LogP contribution in [0.4, 0.5) is 0 Å². The number of hydrogen-bond donors (Lipinski definition) is 0. The second-order valence-electron chi connectivity index (χ2n) is 1.34. The predicted octanol–water partition coefficient (Wildman–Crippen LogP) is -0.127. The monoisotopic (exact) mass is 147 g/mol. The van der Waals surface area contributed by atoms with Crippen LogP contribution in [0.5, 0.6) is 0 Å². The Morgan fingerprint density at radius 1 is 1.20 bits per heavy atom. The number of carbonyl (C=O) groups excluding carboxylic acids is 1. The molecule has 0 spiro atoms. The van der Waals surface area contributed by atoms with E-state index in [1.54, 1.807) is 0 Å². The molecule has 0 saturated carbocycles. The van der Waals surface area contributed by atoms with Crippen molar-refractivity contribution in [1.82, 2.24) is 0 Å². The van der Waals surface area contributed by atoms with Gasteiger partial charge < -0.3 is 14.2 Å². The molecule has 10 heavy (non-hydrogen) atoms. The van der Waals surface area contributed by atoms with Crippen molar-refractivity contribution in [1.29, 1.82) is 0 Å². The van der Waals surface area contributed by atoms with Gasteiger partial charge in [-0.25, -0.2) is 4.79 Å². The minimum atomic E-state index is -1.62. The molecule has 0 bridgehead atoms. The van der Waals surface area contributed by atoms with E-state index in [2.05, 4.69) is 19.2 Å². The van der Waals surface area contributed by atoms with Crippen LogP contribution in [0, 0.1) is 0 Å². The van der Waals surface area contributed by atoms with Gasteiger partial charge >= 0.3 is 6.10 Å². The molecule has 0 amide bonds. The number of rotatable bonds is 4. The van der Waals surface area contributed by atoms with E-state index in [1.165, 1.54) is 27.4 Å². The topological polar surface area (TPSA) is 57.1 Å². The van der Waals surface area contributed by atoms with Crippen LogP contribution < -0.4 is 0 Å². The molecule has 5 heteroatoms. The molecule has 5 nitrogen and oxygen atoms in total. The summed E-state index contributed by atoms with van der Waals surface area (Å²) in [6.07, 6.45) is -0.362. The first-order chi connectivity index (χ1) is 4.74. The van der Waals surface area contributed by atoms with Gasteiger partial charge in [0.25, 0.3) is 0 Å². The lowest BCUT2D eigenvalue weighted by atomic mass is 10.9. The minimum Gasteiger partial charge on any atom is -0.311 e. The summed E-state index contributed by atoms with van der Waals surface area (Å²) < 4.78 is 13.8. The maximum Gasteiger partial charge on any atom is 0.405 e. The van der Waals surface area contributed by atoms with Crippen molar-refractivity contribution in [3.05, 3.63) is 0 Å². The normalized spacial score (nSPS) is 10.7. The highest BCUT2D eigenvalue weighted by Crippen LogP contribution is 2.11. The number of aliphatic imine (C=N–C) groups is 1. The molecule has 0 heterocycles. The number of hydrogen-bond acceptors (Lipinski definition) is 5. The molecule has 0 radical (unpaired) electrons. The maximum absolute atomic E-state index is 9.77. The molecule has 0 aromatic rings. The smallest absolute Gasteiger partial charge is 0.311 e. The van der Waals surface area contributed by atoms with Crippen molar-refractivity contribution in [3.63, 3.8) is 0 Å². The van der Waals surface area contributed by atoms with Crippen LogP contribution in [-0.4, -0.2) is 33.5 Å². The van der Waals surface area contributed by atoms with E-state index in [4.69, 9.17) is 0 Å². The molecule has 0 atom stereocenters. The highest BCUT2D eigenvalue weighted by Gasteiger charge is 2.28. The van der Waals surface area contributed by atoms with Gasteiger partial charge in [0, 0.05) is 21.3 Å². The lowest BCUT2D eigenvalue weighted by Gasteiger charge is -2.20. The highest BCUT2D eigenvalue weighted by atomic mass is 16.9. The lowest BCUT2D eigenvalue weighted by Crippen LogP contribution is -2.33. The Morgan fingerprint density at radius 2 is 1.60 bits per heavy atom. The molecule has 58 valence electrons. The van der Waals surface area contributed by atoms with E-state index in [1.807, 2.05) is 0 Å². The average Bonchev–Trinajstić information content (AvgIpc) is 2.01. The molecule has 0 aromatic heterocycles. The van der Waals surface area contributed by atoms with Crippen molar-refractivity contribution in [2.24, 2.45) is 4.99 Å². The summed E-state index contributed by atoms with van der Waals surface area (Å²) in [5, 5.41) is 0. The highest BCUT2D eigenvalue weighted by molar-refractivity contribution is 5.33. The van der Waals surface area contributed by atoms with Gasteiger partial charge in [0.1, 0.15) is 0 Å². The summed E-state index contributed by atoms with van der Waals surface area (Å²) in [5.74, 6) is 0. The Hall–Kier alpha value is -0.740. The minimum absolute atomic E-state index is 1.26. The van der Waals surface area contributed by atoms with E-state index in [9.17, 15) is 4.79 Å². The summed E-state index contributed by atoms with van der Waals surface area (Å²) in [6.45, 7) is 0. The van der Waals surface area contributed by atoms with Gasteiger partial charge in [-0.3, -0.25) is 0 Å². The van der Waals surface area contributed by atoms with Crippen LogP contribution in [0.2, 0.25) is 0 Å². The van der Waals surface area contributed by atoms with Gasteiger partial charge in [-0.05, 0) is 0 Å². The van der Waals surface area contributed by atoms with Crippen molar-refractivity contribution in [2.75, 3.05) is 21.3 Å². The van der Waals surface area contributed by atoms with Gasteiger partial charge in [-0.1, -0.05) is 0 Å². The molecule has 0 fully saturated rings. The second-order valence-corrected chi connectivity index (χ2v) is 1.34. The van der Waals surface area contributed by atoms with Gasteiger partial charge in [0.15, 0.2) is 0 Å². The van der Waals surface area contributed by atoms with Crippen LogP contribution in [-0.2, 0) is 19.0 Å². The van der Waals surface area contributed by atoms with Crippen LogP contribution in [0.1, 0.15) is 0 Å². The maximum atomic E-state index is 9.77. The Labute approximate surface area is 58.6 Å².